The van der Waals surface area contributed by atoms with Crippen molar-refractivity contribution < 1.29 is 23.7 Å². The molecule has 32 heavy (non-hydrogen) atoms. The minimum Gasteiger partial charge on any atom is -0.478 e. The van der Waals surface area contributed by atoms with Gasteiger partial charge in [-0.15, -0.1) is 0 Å². The molecular weight excluding hydrogens is 406 g/mol. The topological polar surface area (TPSA) is 66.9 Å². The van der Waals surface area contributed by atoms with E-state index in [9.17, 15) is 4.79 Å². The van der Waals surface area contributed by atoms with Crippen molar-refractivity contribution >= 4 is 5.97 Å². The molecule has 166 valence electrons. The number of carbonyl (C=O) groups is 1. The van der Waals surface area contributed by atoms with Gasteiger partial charge in [-0.25, -0.2) is 4.98 Å². The Kier molecular flexibility index (Phi) is 7.23. The zero-order chi connectivity index (χ0) is 22.2. The molecule has 1 aromatic heterocycles. The van der Waals surface area contributed by atoms with Crippen molar-refractivity contribution in [3.05, 3.63) is 60.7 Å². The van der Waals surface area contributed by atoms with Crippen molar-refractivity contribution in [2.75, 3.05) is 20.0 Å². The molecule has 1 aliphatic rings. The lowest BCUT2D eigenvalue weighted by molar-refractivity contribution is -0.143. The van der Waals surface area contributed by atoms with Crippen molar-refractivity contribution in [2.24, 2.45) is 0 Å². The molecule has 0 unspecified atom stereocenters. The van der Waals surface area contributed by atoms with Crippen molar-refractivity contribution in [1.29, 1.82) is 0 Å². The molecule has 0 fully saturated rings. The Hall–Kier alpha value is -3.54. The van der Waals surface area contributed by atoms with Crippen molar-refractivity contribution in [1.82, 2.24) is 4.98 Å². The molecule has 0 N–H and O–H groups in total. The third kappa shape index (κ3) is 5.58. The standard InChI is InChI=1S/C26H27NO5/c1-2-29-26(28)11-7-4-8-14-30-25-17-21(15-22(27-25)19-9-5-3-6-10-19)20-12-13-23-24(16-20)32-18-31-23/h3,5-6,9-10,12-13,15-17H,2,4,7-8,11,14,18H2,1H3. The number of unbranched alkanes of at least 4 members (excludes halogenated alkanes) is 2. The highest BCUT2D eigenvalue weighted by Crippen LogP contribution is 2.37. The van der Waals surface area contributed by atoms with Gasteiger partial charge in [0.15, 0.2) is 11.5 Å². The Morgan fingerprint density at radius 2 is 1.75 bits per heavy atom. The molecule has 0 bridgehead atoms. The number of benzene rings is 2. The van der Waals surface area contributed by atoms with Gasteiger partial charge in [0.25, 0.3) is 0 Å². The van der Waals surface area contributed by atoms with Crippen LogP contribution < -0.4 is 14.2 Å². The Balaban J connectivity index is 1.47. The lowest BCUT2D eigenvalue weighted by atomic mass is 10.0. The van der Waals surface area contributed by atoms with E-state index in [4.69, 9.17) is 23.9 Å². The van der Waals surface area contributed by atoms with Gasteiger partial charge in [-0.05, 0) is 55.5 Å². The van der Waals surface area contributed by atoms with Gasteiger partial charge in [0, 0.05) is 18.1 Å². The van der Waals surface area contributed by atoms with E-state index in [1.165, 1.54) is 0 Å². The van der Waals surface area contributed by atoms with Crippen molar-refractivity contribution in [3.8, 4) is 39.8 Å². The number of rotatable bonds is 10. The Morgan fingerprint density at radius 1 is 0.906 bits per heavy atom. The number of carbonyl (C=O) groups excluding carboxylic acids is 1. The highest BCUT2D eigenvalue weighted by molar-refractivity contribution is 5.73. The van der Waals surface area contributed by atoms with Gasteiger partial charge in [-0.3, -0.25) is 4.79 Å². The number of ether oxygens (including phenoxy) is 4. The molecule has 0 saturated carbocycles. The van der Waals surface area contributed by atoms with Crippen LogP contribution >= 0.6 is 0 Å². The molecule has 4 rings (SSSR count). The molecule has 3 aromatic rings. The predicted octanol–water partition coefficient (Wildman–Crippen LogP) is 5.65. The van der Waals surface area contributed by atoms with Crippen LogP contribution in [-0.2, 0) is 9.53 Å². The van der Waals surface area contributed by atoms with Crippen LogP contribution in [0.15, 0.2) is 60.7 Å². The summed E-state index contributed by atoms with van der Waals surface area (Å²) in [6.07, 6.45) is 2.98. The van der Waals surface area contributed by atoms with Crippen molar-refractivity contribution in [3.63, 3.8) is 0 Å². The maximum Gasteiger partial charge on any atom is 0.305 e. The lowest BCUT2D eigenvalue weighted by Crippen LogP contribution is -2.04. The SMILES string of the molecule is CCOC(=O)CCCCCOc1cc(-c2ccc3c(c2)OCO3)cc(-c2ccccc2)n1. The fourth-order valence-electron chi connectivity index (χ4n) is 3.54. The number of fused-ring (bicyclic) bond motifs is 1. The molecule has 0 spiro atoms. The van der Waals surface area contributed by atoms with E-state index < -0.39 is 0 Å². The van der Waals surface area contributed by atoms with E-state index >= 15 is 0 Å². The first-order valence-corrected chi connectivity index (χ1v) is 11.0. The Bertz CT molecular complexity index is 1050. The average molecular weight is 434 g/mol. The summed E-state index contributed by atoms with van der Waals surface area (Å²) in [5.41, 5.74) is 3.87. The Morgan fingerprint density at radius 3 is 2.59 bits per heavy atom. The van der Waals surface area contributed by atoms with Crippen LogP contribution in [0.5, 0.6) is 17.4 Å². The second-order valence-corrected chi connectivity index (χ2v) is 7.48. The zero-order valence-electron chi connectivity index (χ0n) is 18.2. The summed E-state index contributed by atoms with van der Waals surface area (Å²) in [6, 6.07) is 20.0. The summed E-state index contributed by atoms with van der Waals surface area (Å²) in [5.74, 6) is 1.93. The normalized spacial score (nSPS) is 11.9. The number of hydrogen-bond acceptors (Lipinski definition) is 6. The maximum absolute atomic E-state index is 11.4. The number of pyridine rings is 1. The molecule has 6 nitrogen and oxygen atoms in total. The molecule has 2 aromatic carbocycles. The van der Waals surface area contributed by atoms with E-state index in [1.807, 2.05) is 61.5 Å². The summed E-state index contributed by atoms with van der Waals surface area (Å²) in [7, 11) is 0. The highest BCUT2D eigenvalue weighted by atomic mass is 16.7. The third-order valence-electron chi connectivity index (χ3n) is 5.16. The number of nitrogens with zero attached hydrogens (tertiary/aromatic N) is 1. The van der Waals surface area contributed by atoms with Crippen LogP contribution in [0.3, 0.4) is 0 Å². The van der Waals surface area contributed by atoms with Gasteiger partial charge in [-0.1, -0.05) is 36.4 Å². The summed E-state index contributed by atoms with van der Waals surface area (Å²) in [5, 5.41) is 0. The molecule has 0 amide bonds. The number of esters is 1. The van der Waals surface area contributed by atoms with E-state index in [2.05, 4.69) is 6.07 Å². The molecule has 0 radical (unpaired) electrons. The van der Waals surface area contributed by atoms with Crippen LogP contribution in [0, 0.1) is 0 Å². The largest absolute Gasteiger partial charge is 0.478 e. The fourth-order valence-corrected chi connectivity index (χ4v) is 3.54. The van der Waals surface area contributed by atoms with Crippen LogP contribution in [0.25, 0.3) is 22.4 Å². The van der Waals surface area contributed by atoms with Gasteiger partial charge < -0.3 is 18.9 Å². The van der Waals surface area contributed by atoms with Crippen LogP contribution in [0.1, 0.15) is 32.6 Å². The van der Waals surface area contributed by atoms with Gasteiger partial charge in [0.2, 0.25) is 12.7 Å². The predicted molar refractivity (Wildman–Crippen MR) is 122 cm³/mol. The van der Waals surface area contributed by atoms with Crippen molar-refractivity contribution in [2.45, 2.75) is 32.6 Å². The van der Waals surface area contributed by atoms with Crippen LogP contribution in [-0.4, -0.2) is 31.0 Å². The van der Waals surface area contributed by atoms with Gasteiger partial charge in [0.05, 0.1) is 18.9 Å². The van der Waals surface area contributed by atoms with Gasteiger partial charge in [-0.2, -0.15) is 0 Å². The first-order valence-electron chi connectivity index (χ1n) is 11.0. The molecule has 2 heterocycles. The minimum absolute atomic E-state index is 0.140. The quantitative estimate of drug-likeness (QED) is 0.304. The maximum atomic E-state index is 11.4. The van der Waals surface area contributed by atoms with Gasteiger partial charge >= 0.3 is 5.97 Å². The smallest absolute Gasteiger partial charge is 0.305 e. The van der Waals surface area contributed by atoms with E-state index in [-0.39, 0.29) is 12.8 Å². The fraction of sp³-hybridized carbons (Fsp3) is 0.308. The monoisotopic (exact) mass is 433 g/mol. The highest BCUT2D eigenvalue weighted by Gasteiger charge is 2.15. The van der Waals surface area contributed by atoms with E-state index in [1.54, 1.807) is 0 Å². The summed E-state index contributed by atoms with van der Waals surface area (Å²) < 4.78 is 21.9. The zero-order valence-corrected chi connectivity index (χ0v) is 18.2. The van der Waals surface area contributed by atoms with E-state index in [0.29, 0.717) is 25.5 Å². The second-order valence-electron chi connectivity index (χ2n) is 7.48. The summed E-state index contributed by atoms with van der Waals surface area (Å²) >= 11 is 0. The molecule has 0 saturated heterocycles. The first kappa shape index (κ1) is 21.7. The van der Waals surface area contributed by atoms with Crippen LogP contribution in [0.2, 0.25) is 0 Å². The first-order chi connectivity index (χ1) is 15.7. The van der Waals surface area contributed by atoms with E-state index in [0.717, 1.165) is 53.1 Å². The molecular formula is C26H27NO5. The Labute approximate surface area is 188 Å². The number of aromatic nitrogens is 1. The summed E-state index contributed by atoms with van der Waals surface area (Å²) in [4.78, 5) is 16.2. The minimum atomic E-state index is -0.140. The molecule has 6 heteroatoms. The molecule has 0 atom stereocenters. The summed E-state index contributed by atoms with van der Waals surface area (Å²) in [6.45, 7) is 3.03. The second kappa shape index (κ2) is 10.7. The number of hydrogen-bond donors (Lipinski definition) is 0. The third-order valence-corrected chi connectivity index (χ3v) is 5.16. The average Bonchev–Trinajstić information content (AvgIpc) is 3.30. The molecule has 0 aliphatic carbocycles. The molecule has 1 aliphatic heterocycles. The lowest BCUT2D eigenvalue weighted by Gasteiger charge is -2.11. The van der Waals surface area contributed by atoms with Crippen LogP contribution in [0.4, 0.5) is 0 Å². The van der Waals surface area contributed by atoms with Gasteiger partial charge in [0.1, 0.15) is 0 Å².